The number of aromatic nitrogens is 2. The van der Waals surface area contributed by atoms with Crippen LogP contribution in [-0.2, 0) is 6.54 Å². The molecule has 6 nitrogen and oxygen atoms in total. The quantitative estimate of drug-likeness (QED) is 0.446. The van der Waals surface area contributed by atoms with E-state index < -0.39 is 5.97 Å². The van der Waals surface area contributed by atoms with Crippen LogP contribution in [0.4, 0.5) is 0 Å². The van der Waals surface area contributed by atoms with Crippen molar-refractivity contribution in [2.75, 3.05) is 0 Å². The first kappa shape index (κ1) is 21.7. The Labute approximate surface area is 190 Å². The van der Waals surface area contributed by atoms with E-state index in [2.05, 4.69) is 10.4 Å². The summed E-state index contributed by atoms with van der Waals surface area (Å²) in [6.07, 6.45) is 5.75. The van der Waals surface area contributed by atoms with Gasteiger partial charge in [0.2, 0.25) is 5.88 Å². The fourth-order valence-corrected chi connectivity index (χ4v) is 4.17. The average molecular weight is 460 g/mol. The van der Waals surface area contributed by atoms with Gasteiger partial charge in [-0.3, -0.25) is 0 Å². The van der Waals surface area contributed by atoms with Crippen LogP contribution in [0.5, 0.6) is 11.6 Å². The summed E-state index contributed by atoms with van der Waals surface area (Å²) in [5.41, 5.74) is 0.958. The molecule has 0 bridgehead atoms. The molecule has 0 radical (unpaired) electrons. The van der Waals surface area contributed by atoms with Crippen molar-refractivity contribution in [2.45, 2.75) is 44.7 Å². The Kier molecular flexibility index (Phi) is 6.80. The lowest BCUT2D eigenvalue weighted by Crippen LogP contribution is -2.31. The molecule has 0 aliphatic heterocycles. The minimum Gasteiger partial charge on any atom is -0.476 e. The summed E-state index contributed by atoms with van der Waals surface area (Å²) in [5, 5.41) is 18.7. The summed E-state index contributed by atoms with van der Waals surface area (Å²) in [4.78, 5) is 12.0. The van der Waals surface area contributed by atoms with Gasteiger partial charge in [-0.1, -0.05) is 54.6 Å². The van der Waals surface area contributed by atoms with Crippen LogP contribution >= 0.6 is 23.2 Å². The van der Waals surface area contributed by atoms with E-state index in [4.69, 9.17) is 27.9 Å². The number of benzene rings is 2. The number of halogens is 2. The predicted molar refractivity (Wildman–Crippen MR) is 121 cm³/mol. The highest BCUT2D eigenvalue weighted by Crippen LogP contribution is 2.34. The van der Waals surface area contributed by atoms with Gasteiger partial charge in [0.25, 0.3) is 0 Å². The van der Waals surface area contributed by atoms with Crippen LogP contribution in [-0.4, -0.2) is 26.9 Å². The van der Waals surface area contributed by atoms with Gasteiger partial charge in [-0.25, -0.2) is 4.79 Å². The summed E-state index contributed by atoms with van der Waals surface area (Å²) in [6.45, 7) is 0.333. The van der Waals surface area contributed by atoms with Crippen LogP contribution < -0.4 is 10.1 Å². The molecule has 162 valence electrons. The van der Waals surface area contributed by atoms with E-state index in [0.29, 0.717) is 45.5 Å². The molecule has 31 heavy (non-hydrogen) atoms. The smallest absolute Gasteiger partial charge is 0.356 e. The lowest BCUT2D eigenvalue weighted by Gasteiger charge is -2.23. The maximum atomic E-state index is 12.0. The molecule has 4 rings (SSSR count). The van der Waals surface area contributed by atoms with Gasteiger partial charge in [-0.15, -0.1) is 0 Å². The Morgan fingerprint density at radius 2 is 1.81 bits per heavy atom. The lowest BCUT2D eigenvalue weighted by molar-refractivity contribution is 0.0688. The molecule has 0 atom stereocenters. The molecule has 1 aliphatic carbocycles. The number of hydrogen-bond acceptors (Lipinski definition) is 4. The largest absolute Gasteiger partial charge is 0.476 e. The third kappa shape index (κ3) is 5.03. The number of carboxylic acids is 1. The average Bonchev–Trinajstić information content (AvgIpc) is 3.13. The van der Waals surface area contributed by atoms with Crippen LogP contribution in [0.3, 0.4) is 0 Å². The number of hydrogen-bond donors (Lipinski definition) is 2. The van der Waals surface area contributed by atoms with E-state index >= 15 is 0 Å². The fraction of sp³-hybridized carbons (Fsp3) is 0.304. The number of carbonyl (C=O) groups is 1. The molecule has 0 saturated heterocycles. The van der Waals surface area contributed by atoms with Crippen molar-refractivity contribution in [3.8, 4) is 17.3 Å². The molecule has 1 heterocycles. The molecule has 0 unspecified atom stereocenters. The summed E-state index contributed by atoms with van der Waals surface area (Å²) in [6, 6.07) is 14.3. The second-order valence-electron chi connectivity index (χ2n) is 7.57. The number of nitrogens with one attached hydrogen (secondary N) is 1. The van der Waals surface area contributed by atoms with Crippen LogP contribution in [0.25, 0.3) is 5.69 Å². The monoisotopic (exact) mass is 459 g/mol. The molecule has 8 heteroatoms. The molecule has 1 fully saturated rings. The van der Waals surface area contributed by atoms with E-state index in [1.54, 1.807) is 42.5 Å². The Balaban J connectivity index is 1.77. The normalized spacial score (nSPS) is 14.5. The van der Waals surface area contributed by atoms with Crippen LogP contribution in [0.2, 0.25) is 10.0 Å². The first-order valence-corrected chi connectivity index (χ1v) is 11.1. The number of ether oxygens (including phenoxy) is 1. The van der Waals surface area contributed by atoms with Crippen molar-refractivity contribution in [3.05, 3.63) is 69.8 Å². The van der Waals surface area contributed by atoms with Gasteiger partial charge in [0.05, 0.1) is 16.3 Å². The zero-order valence-corrected chi connectivity index (χ0v) is 18.4. The zero-order chi connectivity index (χ0) is 21.8. The van der Waals surface area contributed by atoms with E-state index in [9.17, 15) is 9.90 Å². The number of aromatic carboxylic acids is 1. The van der Waals surface area contributed by atoms with E-state index in [1.807, 2.05) is 6.07 Å². The number of nitrogens with zero attached hydrogens (tertiary/aromatic N) is 2. The summed E-state index contributed by atoms with van der Waals surface area (Å²) in [5.74, 6) is -0.281. The highest BCUT2D eigenvalue weighted by molar-refractivity contribution is 6.32. The van der Waals surface area contributed by atoms with Gasteiger partial charge < -0.3 is 15.2 Å². The fourth-order valence-electron chi connectivity index (χ4n) is 3.83. The van der Waals surface area contributed by atoms with Crippen molar-refractivity contribution in [2.24, 2.45) is 0 Å². The first-order chi connectivity index (χ1) is 15.0. The van der Waals surface area contributed by atoms with Crippen molar-refractivity contribution in [3.63, 3.8) is 0 Å². The van der Waals surface area contributed by atoms with Crippen molar-refractivity contribution in [1.29, 1.82) is 0 Å². The first-order valence-electron chi connectivity index (χ1n) is 10.3. The minimum atomic E-state index is -1.12. The van der Waals surface area contributed by atoms with Crippen LogP contribution in [0.15, 0.2) is 48.5 Å². The third-order valence-electron chi connectivity index (χ3n) is 5.42. The van der Waals surface area contributed by atoms with Gasteiger partial charge >= 0.3 is 5.97 Å². The van der Waals surface area contributed by atoms with Gasteiger partial charge in [0.15, 0.2) is 5.69 Å². The minimum absolute atomic E-state index is 0.0628. The third-order valence-corrected chi connectivity index (χ3v) is 5.99. The molecule has 0 spiro atoms. The summed E-state index contributed by atoms with van der Waals surface area (Å²) >= 11 is 12.4. The van der Waals surface area contributed by atoms with Crippen molar-refractivity contribution in [1.82, 2.24) is 15.1 Å². The lowest BCUT2D eigenvalue weighted by atomic mass is 9.95. The molecule has 2 N–H and O–H groups in total. The second-order valence-corrected chi connectivity index (χ2v) is 8.42. The molecule has 3 aromatic rings. The number of para-hydroxylation sites is 1. The summed E-state index contributed by atoms with van der Waals surface area (Å²) < 4.78 is 7.61. The second kappa shape index (κ2) is 9.73. The van der Waals surface area contributed by atoms with Gasteiger partial charge in [0.1, 0.15) is 5.75 Å². The molecule has 1 aliphatic rings. The maximum Gasteiger partial charge on any atom is 0.356 e. The Morgan fingerprint density at radius 1 is 1.10 bits per heavy atom. The SMILES string of the molecule is O=C(O)c1nn(-c2ccccc2Cl)c(Oc2ccc(Cl)cc2)c1CNC1CCCCC1. The van der Waals surface area contributed by atoms with E-state index in [-0.39, 0.29) is 5.69 Å². The molecule has 1 aromatic heterocycles. The van der Waals surface area contributed by atoms with Crippen molar-refractivity contribution < 1.29 is 14.6 Å². The zero-order valence-electron chi connectivity index (χ0n) is 16.9. The van der Waals surface area contributed by atoms with Crippen LogP contribution in [0.1, 0.15) is 48.2 Å². The molecular weight excluding hydrogens is 437 g/mol. The number of carboxylic acid groups (broad SMARTS) is 1. The predicted octanol–water partition coefficient (Wildman–Crippen LogP) is 6.09. The Bertz CT molecular complexity index is 1060. The Hall–Kier alpha value is -2.54. The highest BCUT2D eigenvalue weighted by atomic mass is 35.5. The van der Waals surface area contributed by atoms with E-state index in [1.165, 1.54) is 23.9 Å². The summed E-state index contributed by atoms with van der Waals surface area (Å²) in [7, 11) is 0. The standard InChI is InChI=1S/C23H23Cl2N3O3/c24-15-10-12-17(13-11-15)31-22-18(14-26-16-6-2-1-3-7-16)21(23(29)30)27-28(22)20-9-5-4-8-19(20)25/h4-5,8-13,16,26H,1-3,6-7,14H2,(H,29,30). The topological polar surface area (TPSA) is 76.4 Å². The Morgan fingerprint density at radius 3 is 2.48 bits per heavy atom. The number of rotatable bonds is 7. The highest BCUT2D eigenvalue weighted by Gasteiger charge is 2.27. The maximum absolute atomic E-state index is 12.0. The molecule has 2 aromatic carbocycles. The van der Waals surface area contributed by atoms with Crippen LogP contribution in [0, 0.1) is 0 Å². The van der Waals surface area contributed by atoms with Gasteiger partial charge in [0, 0.05) is 17.6 Å². The van der Waals surface area contributed by atoms with Gasteiger partial charge in [-0.2, -0.15) is 9.78 Å². The van der Waals surface area contributed by atoms with Crippen molar-refractivity contribution >= 4 is 29.2 Å². The molecule has 1 saturated carbocycles. The van der Waals surface area contributed by atoms with Gasteiger partial charge in [-0.05, 0) is 49.2 Å². The van der Waals surface area contributed by atoms with E-state index in [0.717, 1.165) is 12.8 Å². The molecular formula is C23H23Cl2N3O3. The molecule has 0 amide bonds.